The van der Waals surface area contributed by atoms with Crippen LogP contribution in [-0.4, -0.2) is 45.8 Å². The molecule has 3 rings (SSSR count). The van der Waals surface area contributed by atoms with E-state index >= 15 is 0 Å². The van der Waals surface area contributed by atoms with E-state index in [2.05, 4.69) is 27.2 Å². The Kier molecular flexibility index (Phi) is 5.94. The zero-order chi connectivity index (χ0) is 20.3. The van der Waals surface area contributed by atoms with Crippen LogP contribution < -0.4 is 10.6 Å². The maximum Gasteiger partial charge on any atom is 0.253 e. The van der Waals surface area contributed by atoms with Gasteiger partial charge in [0, 0.05) is 30.4 Å². The summed E-state index contributed by atoms with van der Waals surface area (Å²) in [4.78, 5) is 34.6. The van der Waals surface area contributed by atoms with Gasteiger partial charge in [-0.25, -0.2) is 9.97 Å². The first-order valence-electron chi connectivity index (χ1n) is 8.95. The lowest BCUT2D eigenvalue weighted by Gasteiger charge is -2.19. The van der Waals surface area contributed by atoms with Gasteiger partial charge in [0.1, 0.15) is 0 Å². The van der Waals surface area contributed by atoms with Gasteiger partial charge in [-0.05, 0) is 49.6 Å². The van der Waals surface area contributed by atoms with E-state index in [-0.39, 0.29) is 17.9 Å². The average Bonchev–Trinajstić information content (AvgIpc) is 3.14. The van der Waals surface area contributed by atoms with E-state index < -0.39 is 0 Å². The van der Waals surface area contributed by atoms with Crippen LogP contribution in [0.3, 0.4) is 0 Å². The Morgan fingerprint density at radius 1 is 1.25 bits per heavy atom. The number of nitrogens with zero attached hydrogens (tertiary/aromatic N) is 3. The van der Waals surface area contributed by atoms with Gasteiger partial charge in [0.25, 0.3) is 5.91 Å². The number of amides is 2. The van der Waals surface area contributed by atoms with Crippen molar-refractivity contribution in [3.63, 3.8) is 0 Å². The molecule has 0 bridgehead atoms. The van der Waals surface area contributed by atoms with Crippen LogP contribution in [0.2, 0.25) is 5.02 Å². The van der Waals surface area contributed by atoms with Gasteiger partial charge in [0.05, 0.1) is 17.4 Å². The molecule has 1 aliphatic heterocycles. The van der Waals surface area contributed by atoms with E-state index in [9.17, 15) is 9.59 Å². The summed E-state index contributed by atoms with van der Waals surface area (Å²) in [5.41, 5.74) is 2.99. The maximum atomic E-state index is 12.9. The van der Waals surface area contributed by atoms with Gasteiger partial charge in [-0.2, -0.15) is 0 Å². The third-order valence-electron chi connectivity index (χ3n) is 4.64. The molecule has 0 saturated carbocycles. The predicted octanol–water partition coefficient (Wildman–Crippen LogP) is 3.20. The van der Waals surface area contributed by atoms with Crippen LogP contribution in [0.1, 0.15) is 27.9 Å². The Morgan fingerprint density at radius 3 is 2.50 bits per heavy atom. The average molecular weight is 400 g/mol. The molecule has 1 aromatic heterocycles. The van der Waals surface area contributed by atoms with Crippen LogP contribution in [0.4, 0.5) is 11.6 Å². The zero-order valence-corrected chi connectivity index (χ0v) is 16.6. The highest BCUT2D eigenvalue weighted by molar-refractivity contribution is 6.30. The number of aromatic nitrogens is 2. The molecule has 2 heterocycles. The van der Waals surface area contributed by atoms with Crippen molar-refractivity contribution in [1.29, 1.82) is 0 Å². The number of nitrogens with one attached hydrogen (secondary N) is 2. The minimum absolute atomic E-state index is 0.0332. The topological polar surface area (TPSA) is 87.2 Å². The third-order valence-corrected chi connectivity index (χ3v) is 4.84. The fraction of sp³-hybridized carbons (Fsp3) is 0.300. The normalized spacial score (nSPS) is 16.0. The molecule has 2 aromatic rings. The van der Waals surface area contributed by atoms with Gasteiger partial charge < -0.3 is 15.5 Å². The van der Waals surface area contributed by atoms with Crippen molar-refractivity contribution in [2.75, 3.05) is 23.7 Å². The van der Waals surface area contributed by atoms with Crippen LogP contribution in [-0.2, 0) is 4.79 Å². The van der Waals surface area contributed by atoms with E-state index in [0.29, 0.717) is 35.3 Å². The van der Waals surface area contributed by atoms with Crippen molar-refractivity contribution in [2.24, 2.45) is 0 Å². The number of rotatable bonds is 5. The number of anilines is 2. The van der Waals surface area contributed by atoms with Gasteiger partial charge in [-0.15, -0.1) is 0 Å². The summed E-state index contributed by atoms with van der Waals surface area (Å²) in [6.45, 7) is 8.42. The Bertz CT molecular complexity index is 890. The standard InChI is InChI=1S/C20H22ClN5O2/c1-4-17(27)25-18-12(2)7-14(8-13(18)3)19(28)26-6-5-16(11-26)24-20-22-9-15(21)10-23-20/h4,7-10,16H,1,5-6,11H2,2-3H3,(H,25,27)(H,22,23,24)/t16-/m1/s1. The molecule has 146 valence electrons. The maximum absolute atomic E-state index is 12.9. The summed E-state index contributed by atoms with van der Waals surface area (Å²) < 4.78 is 0. The quantitative estimate of drug-likeness (QED) is 0.754. The summed E-state index contributed by atoms with van der Waals surface area (Å²) in [7, 11) is 0. The Labute approximate surface area is 168 Å². The van der Waals surface area contributed by atoms with Crippen LogP contribution in [0, 0.1) is 13.8 Å². The molecule has 1 saturated heterocycles. The second-order valence-electron chi connectivity index (χ2n) is 6.78. The van der Waals surface area contributed by atoms with Gasteiger partial charge in [-0.3, -0.25) is 9.59 Å². The van der Waals surface area contributed by atoms with Crippen molar-refractivity contribution >= 4 is 35.1 Å². The number of halogens is 1. The van der Waals surface area contributed by atoms with Crippen molar-refractivity contribution in [2.45, 2.75) is 26.3 Å². The number of aryl methyl sites for hydroxylation is 2. The number of hydrogen-bond acceptors (Lipinski definition) is 5. The number of carbonyl (C=O) groups is 2. The Balaban J connectivity index is 1.68. The molecule has 0 unspecified atom stereocenters. The molecule has 1 aliphatic rings. The molecule has 0 spiro atoms. The lowest BCUT2D eigenvalue weighted by molar-refractivity contribution is -0.111. The highest BCUT2D eigenvalue weighted by Gasteiger charge is 2.28. The molecular formula is C20H22ClN5O2. The van der Waals surface area contributed by atoms with Crippen LogP contribution in [0.25, 0.3) is 0 Å². The van der Waals surface area contributed by atoms with E-state index in [1.807, 2.05) is 18.7 Å². The molecular weight excluding hydrogens is 378 g/mol. The second kappa shape index (κ2) is 8.39. The highest BCUT2D eigenvalue weighted by Crippen LogP contribution is 2.24. The Hall–Kier alpha value is -2.93. The number of carbonyl (C=O) groups excluding carboxylic acids is 2. The largest absolute Gasteiger partial charge is 0.350 e. The summed E-state index contributed by atoms with van der Waals surface area (Å²) in [5.74, 6) is 0.190. The molecule has 1 atom stereocenters. The summed E-state index contributed by atoms with van der Waals surface area (Å²) >= 11 is 5.80. The lowest BCUT2D eigenvalue weighted by Crippen LogP contribution is -2.32. The minimum Gasteiger partial charge on any atom is -0.350 e. The molecule has 7 nitrogen and oxygen atoms in total. The van der Waals surface area contributed by atoms with Gasteiger partial charge in [-0.1, -0.05) is 18.2 Å². The third kappa shape index (κ3) is 4.48. The van der Waals surface area contributed by atoms with Gasteiger partial charge in [0.2, 0.25) is 11.9 Å². The second-order valence-corrected chi connectivity index (χ2v) is 7.22. The first kappa shape index (κ1) is 19.8. The van der Waals surface area contributed by atoms with Crippen molar-refractivity contribution in [3.8, 4) is 0 Å². The number of benzene rings is 1. The lowest BCUT2D eigenvalue weighted by atomic mass is 10.0. The smallest absolute Gasteiger partial charge is 0.253 e. The van der Waals surface area contributed by atoms with Crippen molar-refractivity contribution in [3.05, 3.63) is 58.9 Å². The van der Waals surface area contributed by atoms with Gasteiger partial charge in [0.15, 0.2) is 0 Å². The number of likely N-dealkylation sites (tertiary alicyclic amines) is 1. The van der Waals surface area contributed by atoms with E-state index in [0.717, 1.165) is 17.5 Å². The first-order valence-corrected chi connectivity index (χ1v) is 9.33. The molecule has 0 aliphatic carbocycles. The predicted molar refractivity (Wildman–Crippen MR) is 110 cm³/mol. The number of hydrogen-bond donors (Lipinski definition) is 2. The van der Waals surface area contributed by atoms with Gasteiger partial charge >= 0.3 is 0 Å². The molecule has 2 N–H and O–H groups in total. The van der Waals surface area contributed by atoms with Crippen LogP contribution in [0.5, 0.6) is 0 Å². The SMILES string of the molecule is C=CC(=O)Nc1c(C)cc(C(=O)N2CC[C@@H](Nc3ncc(Cl)cn3)C2)cc1C. The van der Waals surface area contributed by atoms with E-state index in [1.54, 1.807) is 12.1 Å². The molecule has 28 heavy (non-hydrogen) atoms. The highest BCUT2D eigenvalue weighted by atomic mass is 35.5. The van der Waals surface area contributed by atoms with E-state index in [4.69, 9.17) is 11.6 Å². The fourth-order valence-electron chi connectivity index (χ4n) is 3.27. The van der Waals surface area contributed by atoms with Crippen molar-refractivity contribution in [1.82, 2.24) is 14.9 Å². The van der Waals surface area contributed by atoms with Crippen LogP contribution in [0.15, 0.2) is 37.2 Å². The van der Waals surface area contributed by atoms with Crippen LogP contribution >= 0.6 is 11.6 Å². The zero-order valence-electron chi connectivity index (χ0n) is 15.8. The monoisotopic (exact) mass is 399 g/mol. The molecule has 1 fully saturated rings. The summed E-state index contributed by atoms with van der Waals surface area (Å²) in [6.07, 6.45) is 5.10. The molecule has 2 amide bonds. The van der Waals surface area contributed by atoms with Crippen molar-refractivity contribution < 1.29 is 9.59 Å². The van der Waals surface area contributed by atoms with E-state index in [1.165, 1.54) is 18.5 Å². The molecule has 1 aromatic carbocycles. The summed E-state index contributed by atoms with van der Waals surface area (Å²) in [5, 5.41) is 6.50. The summed E-state index contributed by atoms with van der Waals surface area (Å²) in [6, 6.07) is 3.69. The minimum atomic E-state index is -0.275. The Morgan fingerprint density at radius 2 is 1.89 bits per heavy atom. The molecule has 0 radical (unpaired) electrons. The first-order chi connectivity index (χ1) is 13.4. The molecule has 8 heteroatoms. The fourth-order valence-corrected chi connectivity index (χ4v) is 3.37.